The number of carbonyl (C=O) groups excluding carboxylic acids is 1. The molecule has 150 valence electrons. The van der Waals surface area contributed by atoms with Gasteiger partial charge in [0.2, 0.25) is 5.91 Å². The monoisotopic (exact) mass is 408 g/mol. The minimum Gasteiger partial charge on any atom is -0.340 e. The largest absolute Gasteiger partial charge is 0.340 e. The summed E-state index contributed by atoms with van der Waals surface area (Å²) in [5.41, 5.74) is 2.27. The number of piperazine rings is 1. The molecular formula is C23H25ClN4O. The minimum atomic E-state index is 0.178. The second-order valence-electron chi connectivity index (χ2n) is 7.42. The van der Waals surface area contributed by atoms with Crippen LogP contribution in [0.3, 0.4) is 0 Å². The molecule has 0 N–H and O–H groups in total. The number of rotatable bonds is 6. The zero-order valence-corrected chi connectivity index (χ0v) is 17.1. The Kier molecular flexibility index (Phi) is 6.27. The van der Waals surface area contributed by atoms with Crippen molar-refractivity contribution in [2.45, 2.75) is 19.5 Å². The maximum atomic E-state index is 12.6. The third-order valence-corrected chi connectivity index (χ3v) is 5.61. The molecule has 2 heterocycles. The highest BCUT2D eigenvalue weighted by atomic mass is 35.5. The number of benzene rings is 2. The summed E-state index contributed by atoms with van der Waals surface area (Å²) >= 11 is 5.92. The summed E-state index contributed by atoms with van der Waals surface area (Å²) in [4.78, 5) is 21.5. The normalized spacial score (nSPS) is 14.9. The molecule has 0 bridgehead atoms. The van der Waals surface area contributed by atoms with Crippen LogP contribution in [0, 0.1) is 0 Å². The Bertz CT molecular complexity index is 931. The lowest BCUT2D eigenvalue weighted by Crippen LogP contribution is -2.48. The SMILES string of the molecule is O=C(Cc1ccc(Cl)cc1)N1CCN(Cc2nccn2Cc2ccccc2)CC1. The van der Waals surface area contributed by atoms with Gasteiger partial charge in [-0.2, -0.15) is 0 Å². The van der Waals surface area contributed by atoms with E-state index in [9.17, 15) is 4.79 Å². The van der Waals surface area contributed by atoms with Crippen LogP contribution < -0.4 is 0 Å². The van der Waals surface area contributed by atoms with Crippen LogP contribution in [0.25, 0.3) is 0 Å². The Morgan fingerprint density at radius 3 is 2.34 bits per heavy atom. The van der Waals surface area contributed by atoms with E-state index in [2.05, 4.69) is 38.7 Å². The molecule has 0 radical (unpaired) electrons. The maximum absolute atomic E-state index is 12.6. The molecule has 0 spiro atoms. The molecule has 1 amide bonds. The van der Waals surface area contributed by atoms with Crippen LogP contribution in [-0.4, -0.2) is 51.4 Å². The average Bonchev–Trinajstić information content (AvgIpc) is 3.17. The van der Waals surface area contributed by atoms with Gasteiger partial charge in [-0.3, -0.25) is 9.69 Å². The Balaban J connectivity index is 1.29. The minimum absolute atomic E-state index is 0.178. The fourth-order valence-electron chi connectivity index (χ4n) is 3.66. The van der Waals surface area contributed by atoms with Gasteiger partial charge in [-0.25, -0.2) is 4.98 Å². The van der Waals surface area contributed by atoms with Gasteiger partial charge in [0.05, 0.1) is 13.0 Å². The molecule has 0 saturated carbocycles. The Hall–Kier alpha value is -2.63. The van der Waals surface area contributed by atoms with Crippen molar-refractivity contribution < 1.29 is 4.79 Å². The molecule has 0 unspecified atom stereocenters. The highest BCUT2D eigenvalue weighted by Gasteiger charge is 2.22. The number of imidazole rings is 1. The first-order valence-corrected chi connectivity index (χ1v) is 10.3. The smallest absolute Gasteiger partial charge is 0.227 e. The van der Waals surface area contributed by atoms with Crippen molar-refractivity contribution in [2.24, 2.45) is 0 Å². The third kappa shape index (κ3) is 5.25. The second-order valence-corrected chi connectivity index (χ2v) is 7.85. The summed E-state index contributed by atoms with van der Waals surface area (Å²) < 4.78 is 2.20. The van der Waals surface area contributed by atoms with Gasteiger partial charge in [-0.05, 0) is 23.3 Å². The zero-order chi connectivity index (χ0) is 20.1. The molecule has 1 fully saturated rings. The van der Waals surface area contributed by atoms with Crippen molar-refractivity contribution in [3.8, 4) is 0 Å². The number of hydrogen-bond donors (Lipinski definition) is 0. The lowest BCUT2D eigenvalue weighted by Gasteiger charge is -2.34. The molecule has 5 nitrogen and oxygen atoms in total. The van der Waals surface area contributed by atoms with Gasteiger partial charge in [-0.15, -0.1) is 0 Å². The van der Waals surface area contributed by atoms with E-state index >= 15 is 0 Å². The lowest BCUT2D eigenvalue weighted by atomic mass is 10.1. The number of carbonyl (C=O) groups is 1. The van der Waals surface area contributed by atoms with Crippen molar-refractivity contribution in [1.29, 1.82) is 0 Å². The number of nitrogens with zero attached hydrogens (tertiary/aromatic N) is 4. The fourth-order valence-corrected chi connectivity index (χ4v) is 3.79. The molecule has 0 aliphatic carbocycles. The summed E-state index contributed by atoms with van der Waals surface area (Å²) in [6.07, 6.45) is 4.33. The molecule has 3 aromatic rings. The van der Waals surface area contributed by atoms with Gasteiger partial charge in [0.1, 0.15) is 5.82 Å². The van der Waals surface area contributed by atoms with Crippen molar-refractivity contribution in [2.75, 3.05) is 26.2 Å². The molecule has 6 heteroatoms. The molecule has 1 aliphatic rings. The molecular weight excluding hydrogens is 384 g/mol. The highest BCUT2D eigenvalue weighted by Crippen LogP contribution is 2.13. The van der Waals surface area contributed by atoms with Gasteiger partial charge in [0.15, 0.2) is 0 Å². The molecule has 1 aromatic heterocycles. The summed E-state index contributed by atoms with van der Waals surface area (Å²) in [5.74, 6) is 1.24. The van der Waals surface area contributed by atoms with Crippen LogP contribution in [-0.2, 0) is 24.3 Å². The van der Waals surface area contributed by atoms with Crippen molar-refractivity contribution in [1.82, 2.24) is 19.4 Å². The summed E-state index contributed by atoms with van der Waals surface area (Å²) in [6, 6.07) is 17.9. The quantitative estimate of drug-likeness (QED) is 0.627. The van der Waals surface area contributed by atoms with E-state index in [-0.39, 0.29) is 5.91 Å². The number of aromatic nitrogens is 2. The first-order chi connectivity index (χ1) is 14.2. The van der Waals surface area contributed by atoms with Crippen molar-refractivity contribution >= 4 is 17.5 Å². The molecule has 0 atom stereocenters. The summed E-state index contributed by atoms with van der Waals surface area (Å²) in [6.45, 7) is 4.88. The first kappa shape index (κ1) is 19.7. The number of amides is 1. The predicted molar refractivity (Wildman–Crippen MR) is 115 cm³/mol. The van der Waals surface area contributed by atoms with E-state index in [0.717, 1.165) is 50.7 Å². The fraction of sp³-hybridized carbons (Fsp3) is 0.304. The van der Waals surface area contributed by atoms with E-state index in [1.54, 1.807) is 0 Å². The van der Waals surface area contributed by atoms with Crippen LogP contribution in [0.15, 0.2) is 67.0 Å². The number of hydrogen-bond acceptors (Lipinski definition) is 3. The highest BCUT2D eigenvalue weighted by molar-refractivity contribution is 6.30. The summed E-state index contributed by atoms with van der Waals surface area (Å²) in [7, 11) is 0. The topological polar surface area (TPSA) is 41.4 Å². The van der Waals surface area contributed by atoms with Crippen LogP contribution in [0.2, 0.25) is 5.02 Å². The van der Waals surface area contributed by atoms with Crippen molar-refractivity contribution in [3.05, 3.63) is 89.0 Å². The Morgan fingerprint density at radius 2 is 1.62 bits per heavy atom. The van der Waals surface area contributed by atoms with Gasteiger partial charge >= 0.3 is 0 Å². The van der Waals surface area contributed by atoms with E-state index in [0.29, 0.717) is 11.4 Å². The second kappa shape index (κ2) is 9.25. The van der Waals surface area contributed by atoms with E-state index in [1.807, 2.05) is 47.6 Å². The van der Waals surface area contributed by atoms with E-state index in [4.69, 9.17) is 11.6 Å². The lowest BCUT2D eigenvalue weighted by molar-refractivity contribution is -0.132. The molecule has 29 heavy (non-hydrogen) atoms. The Morgan fingerprint density at radius 1 is 0.897 bits per heavy atom. The first-order valence-electron chi connectivity index (χ1n) is 9.96. The van der Waals surface area contributed by atoms with Gasteiger partial charge in [-0.1, -0.05) is 54.1 Å². The van der Waals surface area contributed by atoms with E-state index < -0.39 is 0 Å². The van der Waals surface area contributed by atoms with Crippen LogP contribution in [0.1, 0.15) is 17.0 Å². The predicted octanol–water partition coefficient (Wildman–Crippen LogP) is 3.47. The van der Waals surface area contributed by atoms with Crippen molar-refractivity contribution in [3.63, 3.8) is 0 Å². The zero-order valence-electron chi connectivity index (χ0n) is 16.4. The molecule has 2 aromatic carbocycles. The van der Waals surface area contributed by atoms with Crippen LogP contribution in [0.4, 0.5) is 0 Å². The van der Waals surface area contributed by atoms with Gasteiger partial charge in [0, 0.05) is 50.1 Å². The maximum Gasteiger partial charge on any atom is 0.227 e. The van der Waals surface area contributed by atoms with Crippen LogP contribution in [0.5, 0.6) is 0 Å². The standard InChI is InChI=1S/C23H25ClN4O/c24-21-8-6-19(7-9-21)16-23(29)27-14-12-26(13-15-27)18-22-25-10-11-28(22)17-20-4-2-1-3-5-20/h1-11H,12-18H2. The molecule has 4 rings (SSSR count). The summed E-state index contributed by atoms with van der Waals surface area (Å²) in [5, 5.41) is 0.695. The van der Waals surface area contributed by atoms with Gasteiger partial charge in [0.25, 0.3) is 0 Å². The van der Waals surface area contributed by atoms with E-state index in [1.165, 1.54) is 5.56 Å². The Labute approximate surface area is 176 Å². The van der Waals surface area contributed by atoms with Gasteiger partial charge < -0.3 is 9.47 Å². The van der Waals surface area contributed by atoms with Crippen LogP contribution >= 0.6 is 11.6 Å². The average molecular weight is 409 g/mol. The molecule has 1 aliphatic heterocycles. The number of halogens is 1. The third-order valence-electron chi connectivity index (χ3n) is 5.36. The molecule has 1 saturated heterocycles.